The molecule has 2 aliphatic rings. The molecule has 0 aromatic rings. The molecule has 0 spiro atoms. The standard InChI is InChI=1S/C11H16F3NO4/c1-2-18-9(16)8-10(17,11(12,13)14)7-5-3-4-6-15(7)19-8/h7-8,17H,2-6H2,1H3/t7-,8+,10-/m0/s1. The molecule has 8 heteroatoms. The second kappa shape index (κ2) is 4.92. The number of hydrogen-bond acceptors (Lipinski definition) is 5. The first kappa shape index (κ1) is 14.5. The molecular formula is C11H16F3NO4. The molecule has 19 heavy (non-hydrogen) atoms. The number of alkyl halides is 3. The molecule has 2 rings (SSSR count). The van der Waals surface area contributed by atoms with Crippen LogP contribution in [0.15, 0.2) is 0 Å². The number of carbonyl (C=O) groups is 1. The van der Waals surface area contributed by atoms with E-state index in [0.29, 0.717) is 12.8 Å². The van der Waals surface area contributed by atoms with Crippen LogP contribution in [0.3, 0.4) is 0 Å². The van der Waals surface area contributed by atoms with Gasteiger partial charge in [-0.25, -0.2) is 4.79 Å². The Morgan fingerprint density at radius 2 is 2.21 bits per heavy atom. The zero-order valence-corrected chi connectivity index (χ0v) is 10.4. The highest BCUT2D eigenvalue weighted by molar-refractivity contribution is 5.77. The third kappa shape index (κ3) is 2.21. The zero-order chi connectivity index (χ0) is 14.3. The Morgan fingerprint density at radius 3 is 2.79 bits per heavy atom. The topological polar surface area (TPSA) is 59.0 Å². The molecule has 1 N–H and O–H groups in total. The average molecular weight is 283 g/mol. The van der Waals surface area contributed by atoms with Gasteiger partial charge in [-0.3, -0.25) is 4.84 Å². The monoisotopic (exact) mass is 283 g/mol. The molecule has 5 nitrogen and oxygen atoms in total. The van der Waals surface area contributed by atoms with Crippen LogP contribution in [0.1, 0.15) is 26.2 Å². The summed E-state index contributed by atoms with van der Waals surface area (Å²) in [5.41, 5.74) is -3.21. The first-order valence-electron chi connectivity index (χ1n) is 6.21. The number of esters is 1. The fourth-order valence-corrected chi connectivity index (χ4v) is 2.64. The second-order valence-corrected chi connectivity index (χ2v) is 4.71. The molecule has 0 aromatic heterocycles. The number of aliphatic hydroxyl groups is 1. The van der Waals surface area contributed by atoms with E-state index in [1.165, 1.54) is 6.92 Å². The molecule has 0 radical (unpaired) electrons. The van der Waals surface area contributed by atoms with Crippen molar-refractivity contribution in [2.75, 3.05) is 13.2 Å². The molecule has 2 fully saturated rings. The lowest BCUT2D eigenvalue weighted by molar-refractivity contribution is -0.278. The zero-order valence-electron chi connectivity index (χ0n) is 10.4. The summed E-state index contributed by atoms with van der Waals surface area (Å²) in [6, 6.07) is -1.25. The summed E-state index contributed by atoms with van der Waals surface area (Å²) >= 11 is 0. The van der Waals surface area contributed by atoms with Crippen molar-refractivity contribution in [1.82, 2.24) is 5.06 Å². The molecule has 2 aliphatic heterocycles. The van der Waals surface area contributed by atoms with Crippen LogP contribution in [0, 0.1) is 0 Å². The minimum Gasteiger partial charge on any atom is -0.464 e. The third-order valence-corrected chi connectivity index (χ3v) is 3.56. The van der Waals surface area contributed by atoms with Crippen LogP contribution < -0.4 is 0 Å². The summed E-state index contributed by atoms with van der Waals surface area (Å²) in [7, 11) is 0. The number of hydrogen-bond donors (Lipinski definition) is 1. The lowest BCUT2D eigenvalue weighted by Gasteiger charge is -2.36. The van der Waals surface area contributed by atoms with Crippen molar-refractivity contribution in [2.24, 2.45) is 0 Å². The van der Waals surface area contributed by atoms with Gasteiger partial charge in [-0.1, -0.05) is 6.42 Å². The highest BCUT2D eigenvalue weighted by Crippen LogP contribution is 2.47. The predicted octanol–water partition coefficient (Wildman–Crippen LogP) is 1.01. The maximum atomic E-state index is 13.2. The van der Waals surface area contributed by atoms with Crippen LogP contribution >= 0.6 is 0 Å². The van der Waals surface area contributed by atoms with Gasteiger partial charge >= 0.3 is 12.1 Å². The summed E-state index contributed by atoms with van der Waals surface area (Å²) < 4.78 is 44.2. The average Bonchev–Trinajstić information content (AvgIpc) is 2.65. The fourth-order valence-electron chi connectivity index (χ4n) is 2.64. The van der Waals surface area contributed by atoms with E-state index in [1.807, 2.05) is 0 Å². The van der Waals surface area contributed by atoms with Gasteiger partial charge in [-0.2, -0.15) is 18.2 Å². The number of fused-ring (bicyclic) bond motifs is 1. The van der Waals surface area contributed by atoms with E-state index < -0.39 is 29.9 Å². The maximum absolute atomic E-state index is 13.2. The number of ether oxygens (including phenoxy) is 1. The van der Waals surface area contributed by atoms with Gasteiger partial charge in [0.1, 0.15) is 0 Å². The SMILES string of the molecule is CCOC(=O)[C@H]1ON2CCCC[C@H]2[C@@]1(O)C(F)(F)F. The molecule has 0 aromatic carbocycles. The van der Waals surface area contributed by atoms with Crippen LogP contribution in [-0.2, 0) is 14.4 Å². The van der Waals surface area contributed by atoms with E-state index in [1.54, 1.807) is 0 Å². The quantitative estimate of drug-likeness (QED) is 0.767. The Bertz CT molecular complexity index is 362. The Balaban J connectivity index is 2.33. The van der Waals surface area contributed by atoms with E-state index in [2.05, 4.69) is 4.74 Å². The van der Waals surface area contributed by atoms with Gasteiger partial charge in [0, 0.05) is 6.54 Å². The van der Waals surface area contributed by atoms with Crippen molar-refractivity contribution in [3.05, 3.63) is 0 Å². The lowest BCUT2D eigenvalue weighted by atomic mass is 9.84. The molecule has 110 valence electrons. The van der Waals surface area contributed by atoms with E-state index in [9.17, 15) is 23.1 Å². The summed E-state index contributed by atoms with van der Waals surface area (Å²) in [5, 5.41) is 11.2. The molecule has 2 saturated heterocycles. The number of hydroxylamine groups is 2. The van der Waals surface area contributed by atoms with Gasteiger partial charge in [0.2, 0.25) is 11.7 Å². The molecule has 0 bridgehead atoms. The molecule has 0 amide bonds. The van der Waals surface area contributed by atoms with Crippen molar-refractivity contribution in [2.45, 2.75) is 50.1 Å². The highest BCUT2D eigenvalue weighted by atomic mass is 19.4. The van der Waals surface area contributed by atoms with Gasteiger partial charge in [-0.05, 0) is 19.8 Å². The fraction of sp³-hybridized carbons (Fsp3) is 0.909. The van der Waals surface area contributed by atoms with Gasteiger partial charge in [0.15, 0.2) is 0 Å². The first-order valence-corrected chi connectivity index (χ1v) is 6.21. The smallest absolute Gasteiger partial charge is 0.422 e. The summed E-state index contributed by atoms with van der Waals surface area (Å²) in [6.45, 7) is 1.67. The maximum Gasteiger partial charge on any atom is 0.422 e. The highest BCUT2D eigenvalue weighted by Gasteiger charge is 2.72. The van der Waals surface area contributed by atoms with Crippen LogP contribution in [-0.4, -0.2) is 53.2 Å². The van der Waals surface area contributed by atoms with Gasteiger partial charge in [0.05, 0.1) is 12.6 Å². The van der Waals surface area contributed by atoms with E-state index >= 15 is 0 Å². The lowest BCUT2D eigenvalue weighted by Crippen LogP contribution is -2.62. The molecular weight excluding hydrogens is 267 g/mol. The van der Waals surface area contributed by atoms with Crippen LogP contribution in [0.2, 0.25) is 0 Å². The Kier molecular flexibility index (Phi) is 3.76. The summed E-state index contributed by atoms with van der Waals surface area (Å²) in [5.74, 6) is -1.18. The van der Waals surface area contributed by atoms with Crippen molar-refractivity contribution in [3.8, 4) is 0 Å². The van der Waals surface area contributed by atoms with Crippen LogP contribution in [0.4, 0.5) is 13.2 Å². The van der Waals surface area contributed by atoms with Crippen LogP contribution in [0.5, 0.6) is 0 Å². The number of halogens is 3. The van der Waals surface area contributed by atoms with E-state index in [0.717, 1.165) is 5.06 Å². The van der Waals surface area contributed by atoms with Gasteiger partial charge in [-0.15, -0.1) is 0 Å². The number of rotatable bonds is 2. The van der Waals surface area contributed by atoms with E-state index in [4.69, 9.17) is 4.84 Å². The first-order chi connectivity index (χ1) is 8.82. The van der Waals surface area contributed by atoms with Crippen molar-refractivity contribution in [3.63, 3.8) is 0 Å². The number of carbonyl (C=O) groups excluding carboxylic acids is 1. The molecule has 0 unspecified atom stereocenters. The Hall–Kier alpha value is -0.860. The number of nitrogens with zero attached hydrogens (tertiary/aromatic N) is 1. The predicted molar refractivity (Wildman–Crippen MR) is 56.9 cm³/mol. The Labute approximate surface area is 108 Å². The number of piperidine rings is 1. The van der Waals surface area contributed by atoms with Gasteiger partial charge in [0.25, 0.3) is 0 Å². The van der Waals surface area contributed by atoms with Crippen molar-refractivity contribution < 1.29 is 32.6 Å². The molecule has 0 saturated carbocycles. The van der Waals surface area contributed by atoms with Crippen molar-refractivity contribution in [1.29, 1.82) is 0 Å². The summed E-state index contributed by atoms with van der Waals surface area (Å²) in [4.78, 5) is 16.6. The molecule has 3 atom stereocenters. The largest absolute Gasteiger partial charge is 0.464 e. The third-order valence-electron chi connectivity index (χ3n) is 3.56. The van der Waals surface area contributed by atoms with Crippen LogP contribution in [0.25, 0.3) is 0 Å². The molecule has 0 aliphatic carbocycles. The normalized spacial score (nSPS) is 36.1. The summed E-state index contributed by atoms with van der Waals surface area (Å²) in [6.07, 6.45) is -5.65. The van der Waals surface area contributed by atoms with E-state index in [-0.39, 0.29) is 19.6 Å². The second-order valence-electron chi connectivity index (χ2n) is 4.71. The van der Waals surface area contributed by atoms with Gasteiger partial charge < -0.3 is 9.84 Å². The van der Waals surface area contributed by atoms with Crippen molar-refractivity contribution >= 4 is 5.97 Å². The molecule has 2 heterocycles. The minimum atomic E-state index is -4.96. The minimum absolute atomic E-state index is 0.0721. The Morgan fingerprint density at radius 1 is 1.53 bits per heavy atom.